The van der Waals surface area contributed by atoms with E-state index in [1.54, 1.807) is 0 Å². The molecule has 0 aliphatic rings. The maximum Gasteiger partial charge on any atom is 0.151 e. The Bertz CT molecular complexity index is 589. The predicted octanol–water partition coefficient (Wildman–Crippen LogP) is 10.0. The van der Waals surface area contributed by atoms with Crippen LogP contribution in [0.15, 0.2) is 28.6 Å². The highest BCUT2D eigenvalue weighted by Crippen LogP contribution is 2.29. The zero-order chi connectivity index (χ0) is 20.4. The molecule has 0 amide bonds. The first-order valence-electron chi connectivity index (χ1n) is 12.4. The van der Waals surface area contributed by atoms with Gasteiger partial charge in [-0.2, -0.15) is 0 Å². The van der Waals surface area contributed by atoms with Gasteiger partial charge in [0.25, 0.3) is 0 Å². The molecule has 1 nitrogen and oxygen atoms in total. The van der Waals surface area contributed by atoms with Crippen LogP contribution in [0.25, 0.3) is 10.2 Å². The smallest absolute Gasteiger partial charge is 0.151 e. The van der Waals surface area contributed by atoms with Crippen molar-refractivity contribution in [3.05, 3.63) is 24.3 Å². The van der Waals surface area contributed by atoms with Gasteiger partial charge in [0.15, 0.2) is 4.34 Å². The van der Waals surface area contributed by atoms with Crippen molar-refractivity contribution in [1.29, 1.82) is 0 Å². The molecule has 1 aromatic heterocycles. The van der Waals surface area contributed by atoms with Gasteiger partial charge in [-0.25, -0.2) is 4.98 Å². The lowest BCUT2D eigenvalue weighted by Gasteiger charge is -2.03. The second kappa shape index (κ2) is 17.2. The van der Waals surface area contributed by atoms with Gasteiger partial charge in [0, 0.05) is 5.75 Å². The molecule has 0 N–H and O–H groups in total. The van der Waals surface area contributed by atoms with Gasteiger partial charge in [0.05, 0.1) is 10.2 Å². The average molecular weight is 434 g/mol. The van der Waals surface area contributed by atoms with Crippen LogP contribution in [0.2, 0.25) is 0 Å². The van der Waals surface area contributed by atoms with Gasteiger partial charge in [-0.3, -0.25) is 0 Å². The van der Waals surface area contributed by atoms with E-state index in [1.807, 2.05) is 23.1 Å². The second-order valence-electron chi connectivity index (χ2n) is 8.45. The third-order valence-corrected chi connectivity index (χ3v) is 8.01. The number of rotatable bonds is 19. The first-order valence-corrected chi connectivity index (χ1v) is 14.2. The SMILES string of the molecule is CCCCCCCCCCCCCCCCCCCSc1nc2ccccc2s1. The number of para-hydroxylation sites is 1. The van der Waals surface area contributed by atoms with Crippen LogP contribution in [-0.4, -0.2) is 10.7 Å². The van der Waals surface area contributed by atoms with E-state index in [2.05, 4.69) is 31.2 Å². The standard InChI is InChI=1S/C26H43NS2/c1-2-3-4-5-6-7-8-9-10-11-12-13-14-15-16-17-20-23-28-26-27-24-21-18-19-22-25(24)29-26/h18-19,21-22H,2-17,20,23H2,1H3. The number of benzene rings is 1. The van der Waals surface area contributed by atoms with Crippen LogP contribution in [0.5, 0.6) is 0 Å². The highest BCUT2D eigenvalue weighted by atomic mass is 32.2. The Morgan fingerprint density at radius 3 is 1.66 bits per heavy atom. The Labute approximate surface area is 188 Å². The fourth-order valence-electron chi connectivity index (χ4n) is 3.90. The zero-order valence-corrected chi connectivity index (χ0v) is 20.4. The van der Waals surface area contributed by atoms with Crippen molar-refractivity contribution in [2.24, 2.45) is 0 Å². The molecule has 1 aromatic carbocycles. The van der Waals surface area contributed by atoms with E-state index in [9.17, 15) is 0 Å². The lowest BCUT2D eigenvalue weighted by molar-refractivity contribution is 0.529. The van der Waals surface area contributed by atoms with Crippen LogP contribution in [0.4, 0.5) is 0 Å². The molecule has 0 radical (unpaired) electrons. The Balaban J connectivity index is 1.28. The molecule has 0 aliphatic heterocycles. The van der Waals surface area contributed by atoms with Crippen LogP contribution in [0.1, 0.15) is 116 Å². The topological polar surface area (TPSA) is 12.9 Å². The summed E-state index contributed by atoms with van der Waals surface area (Å²) in [7, 11) is 0. The number of hydrogen-bond donors (Lipinski definition) is 0. The number of thiazole rings is 1. The van der Waals surface area contributed by atoms with E-state index in [0.29, 0.717) is 0 Å². The lowest BCUT2D eigenvalue weighted by atomic mass is 10.0. The number of unbranched alkanes of at least 4 members (excludes halogenated alkanes) is 16. The number of aromatic nitrogens is 1. The number of fused-ring (bicyclic) bond motifs is 1. The summed E-state index contributed by atoms with van der Waals surface area (Å²) in [6, 6.07) is 8.47. The molecule has 3 heteroatoms. The fourth-order valence-corrected chi connectivity index (χ4v) is 6.04. The monoisotopic (exact) mass is 433 g/mol. The Morgan fingerprint density at radius 1 is 0.655 bits per heavy atom. The molecule has 2 rings (SSSR count). The fraction of sp³-hybridized carbons (Fsp3) is 0.731. The third-order valence-electron chi connectivity index (χ3n) is 5.75. The predicted molar refractivity (Wildman–Crippen MR) is 135 cm³/mol. The highest BCUT2D eigenvalue weighted by molar-refractivity contribution is 8.01. The van der Waals surface area contributed by atoms with Crippen LogP contribution in [-0.2, 0) is 0 Å². The summed E-state index contributed by atoms with van der Waals surface area (Å²) in [5.74, 6) is 1.22. The molecule has 0 bridgehead atoms. The van der Waals surface area contributed by atoms with Gasteiger partial charge in [-0.05, 0) is 18.6 Å². The van der Waals surface area contributed by atoms with Gasteiger partial charge in [-0.1, -0.05) is 134 Å². The van der Waals surface area contributed by atoms with E-state index in [4.69, 9.17) is 4.98 Å². The maximum absolute atomic E-state index is 4.71. The van der Waals surface area contributed by atoms with Crippen molar-refractivity contribution in [3.8, 4) is 0 Å². The summed E-state index contributed by atoms with van der Waals surface area (Å²) >= 11 is 3.78. The third kappa shape index (κ3) is 12.0. The molecule has 0 unspecified atom stereocenters. The van der Waals surface area contributed by atoms with Crippen molar-refractivity contribution in [3.63, 3.8) is 0 Å². The van der Waals surface area contributed by atoms with Gasteiger partial charge in [0.2, 0.25) is 0 Å². The highest BCUT2D eigenvalue weighted by Gasteiger charge is 2.03. The quantitative estimate of drug-likeness (QED) is 0.161. The Kier molecular flexibility index (Phi) is 14.6. The summed E-state index contributed by atoms with van der Waals surface area (Å²) in [6.45, 7) is 2.30. The van der Waals surface area contributed by atoms with E-state index in [-0.39, 0.29) is 0 Å². The largest absolute Gasteiger partial charge is 0.230 e. The summed E-state index contributed by atoms with van der Waals surface area (Å²) < 4.78 is 2.56. The van der Waals surface area contributed by atoms with Crippen molar-refractivity contribution in [1.82, 2.24) is 4.98 Å². The van der Waals surface area contributed by atoms with Crippen molar-refractivity contribution in [2.45, 2.75) is 120 Å². The molecule has 29 heavy (non-hydrogen) atoms. The van der Waals surface area contributed by atoms with Gasteiger partial charge >= 0.3 is 0 Å². The van der Waals surface area contributed by atoms with Crippen LogP contribution >= 0.6 is 23.1 Å². The van der Waals surface area contributed by atoms with Gasteiger partial charge in [0.1, 0.15) is 0 Å². The lowest BCUT2D eigenvalue weighted by Crippen LogP contribution is -1.84. The summed E-state index contributed by atoms with van der Waals surface area (Å²) in [5, 5.41) is 0. The van der Waals surface area contributed by atoms with E-state index in [1.165, 1.54) is 124 Å². The number of nitrogens with zero attached hydrogens (tertiary/aromatic N) is 1. The molecule has 2 aromatic rings. The van der Waals surface area contributed by atoms with Gasteiger partial charge in [-0.15, -0.1) is 11.3 Å². The minimum Gasteiger partial charge on any atom is -0.230 e. The molecule has 0 aliphatic carbocycles. The summed E-state index contributed by atoms with van der Waals surface area (Å²) in [4.78, 5) is 4.71. The first-order chi connectivity index (χ1) is 14.4. The van der Waals surface area contributed by atoms with Crippen molar-refractivity contribution in [2.75, 3.05) is 5.75 Å². The molecular weight excluding hydrogens is 390 g/mol. The molecule has 0 saturated heterocycles. The molecule has 0 spiro atoms. The van der Waals surface area contributed by atoms with Crippen molar-refractivity contribution < 1.29 is 0 Å². The van der Waals surface area contributed by atoms with E-state index < -0.39 is 0 Å². The van der Waals surface area contributed by atoms with Crippen LogP contribution in [0.3, 0.4) is 0 Å². The Hall–Kier alpha value is -0.540. The molecule has 0 saturated carbocycles. The van der Waals surface area contributed by atoms with Crippen LogP contribution < -0.4 is 0 Å². The van der Waals surface area contributed by atoms with E-state index >= 15 is 0 Å². The first kappa shape index (κ1) is 24.7. The number of thioether (sulfide) groups is 1. The molecule has 0 fully saturated rings. The minimum absolute atomic E-state index is 1.16. The molecular formula is C26H43NS2. The molecule has 0 atom stereocenters. The Morgan fingerprint density at radius 2 is 1.14 bits per heavy atom. The molecule has 164 valence electrons. The zero-order valence-electron chi connectivity index (χ0n) is 18.8. The van der Waals surface area contributed by atoms with Gasteiger partial charge < -0.3 is 0 Å². The summed E-state index contributed by atoms with van der Waals surface area (Å²) in [6.07, 6.45) is 24.5. The van der Waals surface area contributed by atoms with E-state index in [0.717, 1.165) is 5.52 Å². The molecule has 1 heterocycles. The van der Waals surface area contributed by atoms with Crippen LogP contribution in [0, 0.1) is 0 Å². The second-order valence-corrected chi connectivity index (χ2v) is 10.8. The minimum atomic E-state index is 1.16. The summed E-state index contributed by atoms with van der Waals surface area (Å²) in [5.41, 5.74) is 1.16. The number of hydrogen-bond acceptors (Lipinski definition) is 3. The van der Waals surface area contributed by atoms with Crippen molar-refractivity contribution >= 4 is 33.3 Å². The normalized spacial score (nSPS) is 11.5. The average Bonchev–Trinajstić information content (AvgIpc) is 3.16. The maximum atomic E-state index is 4.71.